The van der Waals surface area contributed by atoms with Gasteiger partial charge in [0.1, 0.15) is 11.2 Å². The van der Waals surface area contributed by atoms with E-state index in [1.54, 1.807) is 11.3 Å². The van der Waals surface area contributed by atoms with Crippen molar-refractivity contribution < 1.29 is 4.42 Å². The van der Waals surface area contributed by atoms with E-state index in [1.807, 2.05) is 6.07 Å². The van der Waals surface area contributed by atoms with E-state index in [9.17, 15) is 0 Å². The minimum absolute atomic E-state index is 0.757. The van der Waals surface area contributed by atoms with Gasteiger partial charge in [-0.25, -0.2) is 0 Å². The topological polar surface area (TPSA) is 16.4 Å². The lowest BCUT2D eigenvalue weighted by atomic mass is 10.1. The number of thiophene rings is 1. The van der Waals surface area contributed by atoms with Crippen molar-refractivity contribution in [1.29, 1.82) is 0 Å². The van der Waals surface area contributed by atoms with Crippen LogP contribution in [-0.4, -0.2) is 0 Å². The van der Waals surface area contributed by atoms with Crippen molar-refractivity contribution in [2.45, 2.75) is 0 Å². The van der Waals surface area contributed by atoms with Crippen molar-refractivity contribution in [3.8, 4) is 0 Å². The van der Waals surface area contributed by atoms with Gasteiger partial charge in [-0.15, -0.1) is 11.3 Å². The number of rotatable bonds is 3. The number of hydrogen-bond donors (Lipinski definition) is 0. The molecule has 0 fully saturated rings. The first-order chi connectivity index (χ1) is 18.7. The Bertz CT molecular complexity index is 2160. The van der Waals surface area contributed by atoms with Gasteiger partial charge in [0, 0.05) is 54.1 Å². The van der Waals surface area contributed by atoms with E-state index >= 15 is 0 Å². The van der Waals surface area contributed by atoms with Crippen LogP contribution in [0.4, 0.5) is 17.1 Å². The molecular weight excluding hydrogens is 506 g/mol. The van der Waals surface area contributed by atoms with Crippen LogP contribution < -0.4 is 4.90 Å². The van der Waals surface area contributed by atoms with Crippen LogP contribution in [0.15, 0.2) is 126 Å². The van der Waals surface area contributed by atoms with Crippen molar-refractivity contribution in [2.75, 3.05) is 4.90 Å². The summed E-state index contributed by atoms with van der Waals surface area (Å²) in [6.07, 6.45) is 0. The fraction of sp³-hybridized carbons (Fsp3) is 0. The Morgan fingerprint density at radius 1 is 0.526 bits per heavy atom. The molecule has 2 aromatic heterocycles. The van der Waals surface area contributed by atoms with E-state index in [0.29, 0.717) is 0 Å². The van der Waals surface area contributed by atoms with Gasteiger partial charge in [0.15, 0.2) is 0 Å². The molecular formula is C34H20ClNOS. The predicted octanol–water partition coefficient (Wildman–Crippen LogP) is 11.2. The summed E-state index contributed by atoms with van der Waals surface area (Å²) in [5.74, 6) is 0. The van der Waals surface area contributed by atoms with Crippen molar-refractivity contribution >= 4 is 92.9 Å². The van der Waals surface area contributed by atoms with Crippen molar-refractivity contribution in [3.63, 3.8) is 0 Å². The molecule has 0 radical (unpaired) electrons. The number of anilines is 3. The summed E-state index contributed by atoms with van der Waals surface area (Å²) in [7, 11) is 0. The first kappa shape index (κ1) is 21.7. The van der Waals surface area contributed by atoms with E-state index < -0.39 is 0 Å². The maximum atomic E-state index is 6.96. The Kier molecular flexibility index (Phi) is 4.78. The minimum atomic E-state index is 0.757. The zero-order valence-electron chi connectivity index (χ0n) is 20.2. The van der Waals surface area contributed by atoms with E-state index in [-0.39, 0.29) is 0 Å². The highest BCUT2D eigenvalue weighted by molar-refractivity contribution is 7.26. The first-order valence-electron chi connectivity index (χ1n) is 12.5. The van der Waals surface area contributed by atoms with Gasteiger partial charge in [-0.3, -0.25) is 0 Å². The Balaban J connectivity index is 1.35. The second kappa shape index (κ2) is 8.35. The van der Waals surface area contributed by atoms with Crippen LogP contribution in [0.1, 0.15) is 0 Å². The molecule has 38 heavy (non-hydrogen) atoms. The molecule has 8 rings (SSSR count). The van der Waals surface area contributed by atoms with E-state index in [1.165, 1.54) is 25.6 Å². The van der Waals surface area contributed by atoms with Gasteiger partial charge < -0.3 is 9.32 Å². The molecule has 6 aromatic carbocycles. The van der Waals surface area contributed by atoms with Crippen LogP contribution in [0.3, 0.4) is 0 Å². The smallest absolute Gasteiger partial charge is 0.137 e. The molecule has 2 heterocycles. The second-order valence-electron chi connectivity index (χ2n) is 9.55. The standard InChI is InChI=1S/C34H20ClNOS/c35-29-18-25(20-33-34(29)27-12-6-7-13-32(27)38-33)36(23-10-2-1-3-11-23)24-14-15-26-28-16-21-8-4-5-9-22(21)17-30(28)37-31(26)19-24/h1-20H. The summed E-state index contributed by atoms with van der Waals surface area (Å²) in [5, 5.41) is 7.70. The van der Waals surface area contributed by atoms with Crippen LogP contribution >= 0.6 is 22.9 Å². The summed E-state index contributed by atoms with van der Waals surface area (Å²) in [6.45, 7) is 0. The average molecular weight is 526 g/mol. The molecule has 0 saturated heterocycles. The van der Waals surface area contributed by atoms with E-state index in [0.717, 1.165) is 49.4 Å². The third-order valence-electron chi connectivity index (χ3n) is 7.27. The largest absolute Gasteiger partial charge is 0.456 e. The summed E-state index contributed by atoms with van der Waals surface area (Å²) in [6, 6.07) is 42.4. The molecule has 180 valence electrons. The summed E-state index contributed by atoms with van der Waals surface area (Å²) < 4.78 is 8.82. The molecule has 0 amide bonds. The van der Waals surface area contributed by atoms with Crippen molar-refractivity contribution in [1.82, 2.24) is 0 Å². The fourth-order valence-corrected chi connectivity index (χ4v) is 7.07. The Hall–Kier alpha value is -4.31. The highest BCUT2D eigenvalue weighted by atomic mass is 35.5. The molecule has 0 saturated carbocycles. The number of hydrogen-bond acceptors (Lipinski definition) is 3. The van der Waals surface area contributed by atoms with Crippen LogP contribution in [0.2, 0.25) is 5.02 Å². The van der Waals surface area contributed by atoms with Crippen LogP contribution in [-0.2, 0) is 0 Å². The Labute approximate surface area is 227 Å². The molecule has 2 nitrogen and oxygen atoms in total. The van der Waals surface area contributed by atoms with Gasteiger partial charge in [0.25, 0.3) is 0 Å². The van der Waals surface area contributed by atoms with E-state index in [2.05, 4.69) is 120 Å². The Morgan fingerprint density at radius 3 is 2.13 bits per heavy atom. The molecule has 8 aromatic rings. The van der Waals surface area contributed by atoms with Crippen molar-refractivity contribution in [2.24, 2.45) is 0 Å². The number of benzene rings is 6. The van der Waals surface area contributed by atoms with Crippen LogP contribution in [0, 0.1) is 0 Å². The average Bonchev–Trinajstić information content (AvgIpc) is 3.50. The normalized spacial score (nSPS) is 11.8. The summed E-state index contributed by atoms with van der Waals surface area (Å²) >= 11 is 8.74. The fourth-order valence-electron chi connectivity index (χ4n) is 5.53. The highest BCUT2D eigenvalue weighted by Gasteiger charge is 2.18. The number of fused-ring (bicyclic) bond motifs is 7. The monoisotopic (exact) mass is 525 g/mol. The molecule has 4 heteroatoms. The maximum absolute atomic E-state index is 6.96. The molecule has 0 N–H and O–H groups in total. The quantitative estimate of drug-likeness (QED) is 0.228. The minimum Gasteiger partial charge on any atom is -0.456 e. The number of furan rings is 1. The van der Waals surface area contributed by atoms with Crippen LogP contribution in [0.25, 0.3) is 52.9 Å². The van der Waals surface area contributed by atoms with Gasteiger partial charge >= 0.3 is 0 Å². The summed E-state index contributed by atoms with van der Waals surface area (Å²) in [5.41, 5.74) is 4.86. The van der Waals surface area contributed by atoms with Gasteiger partial charge in [0.2, 0.25) is 0 Å². The van der Waals surface area contributed by atoms with Gasteiger partial charge in [-0.2, -0.15) is 0 Å². The van der Waals surface area contributed by atoms with Gasteiger partial charge in [-0.1, -0.05) is 72.3 Å². The summed E-state index contributed by atoms with van der Waals surface area (Å²) in [4.78, 5) is 2.25. The second-order valence-corrected chi connectivity index (χ2v) is 11.0. The highest BCUT2D eigenvalue weighted by Crippen LogP contribution is 2.45. The lowest BCUT2D eigenvalue weighted by molar-refractivity contribution is 0.669. The molecule has 0 bridgehead atoms. The third kappa shape index (κ3) is 3.33. The van der Waals surface area contributed by atoms with E-state index in [4.69, 9.17) is 16.0 Å². The molecule has 0 aliphatic heterocycles. The number of nitrogens with zero attached hydrogens (tertiary/aromatic N) is 1. The molecule has 0 aliphatic rings. The number of halogens is 1. The lowest BCUT2D eigenvalue weighted by Gasteiger charge is -2.25. The Morgan fingerprint density at radius 2 is 1.26 bits per heavy atom. The number of para-hydroxylation sites is 1. The lowest BCUT2D eigenvalue weighted by Crippen LogP contribution is -2.09. The molecule has 0 unspecified atom stereocenters. The predicted molar refractivity (Wildman–Crippen MR) is 164 cm³/mol. The van der Waals surface area contributed by atoms with Crippen LogP contribution in [0.5, 0.6) is 0 Å². The SMILES string of the molecule is Clc1cc(N(c2ccccc2)c2ccc3c(c2)oc2cc4ccccc4cc23)cc2sc3ccccc3c12. The first-order valence-corrected chi connectivity index (χ1v) is 13.7. The van der Waals surface area contributed by atoms with Gasteiger partial charge in [-0.05, 0) is 65.4 Å². The zero-order chi connectivity index (χ0) is 25.2. The van der Waals surface area contributed by atoms with Gasteiger partial charge in [0.05, 0.1) is 5.02 Å². The molecule has 0 aliphatic carbocycles. The molecule has 0 atom stereocenters. The zero-order valence-corrected chi connectivity index (χ0v) is 21.8. The molecule has 0 spiro atoms. The maximum Gasteiger partial charge on any atom is 0.137 e. The third-order valence-corrected chi connectivity index (χ3v) is 8.68. The van der Waals surface area contributed by atoms with Crippen molar-refractivity contribution in [3.05, 3.63) is 126 Å².